The number of aromatic nitrogens is 3. The van der Waals surface area contributed by atoms with Gasteiger partial charge in [0.05, 0.1) is 16.4 Å². The molecule has 0 aliphatic rings. The molecule has 1 N–H and O–H groups in total. The molecule has 0 amide bonds. The van der Waals surface area contributed by atoms with Crippen LogP contribution in [-0.2, 0) is 11.8 Å². The molecule has 0 aliphatic carbocycles. The molecule has 0 fully saturated rings. The lowest BCUT2D eigenvalue weighted by Crippen LogP contribution is -2.11. The van der Waals surface area contributed by atoms with Crippen molar-refractivity contribution in [3.63, 3.8) is 0 Å². The van der Waals surface area contributed by atoms with Gasteiger partial charge in [0.15, 0.2) is 0 Å². The number of nitrogens with zero attached hydrogens (tertiary/aromatic N) is 3. The topological polar surface area (TPSA) is 50.7 Å². The Balaban J connectivity index is 2.26. The van der Waals surface area contributed by atoms with E-state index in [4.69, 9.17) is 4.98 Å². The van der Waals surface area contributed by atoms with Gasteiger partial charge in [-0.2, -0.15) is 0 Å². The van der Waals surface area contributed by atoms with Crippen LogP contribution in [0.3, 0.4) is 0 Å². The van der Waals surface area contributed by atoms with Crippen molar-refractivity contribution in [3.05, 3.63) is 33.7 Å². The quantitative estimate of drug-likeness (QED) is 0.928. The summed E-state index contributed by atoms with van der Waals surface area (Å²) in [6.07, 6.45) is 0.762. The first-order valence-corrected chi connectivity index (χ1v) is 8.18. The fraction of sp³-hybridized carbons (Fsp3) is 0.562. The Labute approximate surface area is 131 Å². The van der Waals surface area contributed by atoms with Crippen molar-refractivity contribution >= 4 is 17.2 Å². The zero-order valence-electron chi connectivity index (χ0n) is 13.7. The zero-order chi connectivity index (χ0) is 15.6. The van der Waals surface area contributed by atoms with E-state index in [-0.39, 0.29) is 5.41 Å². The van der Waals surface area contributed by atoms with E-state index >= 15 is 0 Å². The van der Waals surface area contributed by atoms with Gasteiger partial charge in [-0.25, -0.2) is 15.0 Å². The van der Waals surface area contributed by atoms with Gasteiger partial charge in [0, 0.05) is 36.2 Å². The molecule has 0 bridgehead atoms. The molecular weight excluding hydrogens is 280 g/mol. The van der Waals surface area contributed by atoms with Crippen molar-refractivity contribution in [2.45, 2.75) is 52.4 Å². The normalized spacial score (nSPS) is 12.0. The van der Waals surface area contributed by atoms with Gasteiger partial charge < -0.3 is 5.32 Å². The molecule has 2 rings (SSSR count). The molecule has 2 aromatic rings. The summed E-state index contributed by atoms with van der Waals surface area (Å²) < 4.78 is 0. The average molecular weight is 304 g/mol. The van der Waals surface area contributed by atoms with Crippen molar-refractivity contribution < 1.29 is 0 Å². The summed E-state index contributed by atoms with van der Waals surface area (Å²) in [6.45, 7) is 10.8. The summed E-state index contributed by atoms with van der Waals surface area (Å²) >= 11 is 1.71. The van der Waals surface area contributed by atoms with Crippen LogP contribution in [0.4, 0.5) is 5.82 Å². The summed E-state index contributed by atoms with van der Waals surface area (Å²) in [7, 11) is 1.89. The van der Waals surface area contributed by atoms with Crippen molar-refractivity contribution in [3.8, 4) is 0 Å². The van der Waals surface area contributed by atoms with Crippen molar-refractivity contribution in [2.24, 2.45) is 0 Å². The molecule has 0 radical (unpaired) electrons. The molecule has 0 saturated heterocycles. The molecule has 0 spiro atoms. The molecule has 21 heavy (non-hydrogen) atoms. The summed E-state index contributed by atoms with van der Waals surface area (Å²) in [4.78, 5) is 13.9. The summed E-state index contributed by atoms with van der Waals surface area (Å²) in [5.41, 5.74) is 2.27. The molecule has 0 aromatic carbocycles. The summed E-state index contributed by atoms with van der Waals surface area (Å²) in [5.74, 6) is 2.07. The van der Waals surface area contributed by atoms with E-state index in [9.17, 15) is 0 Å². The fourth-order valence-electron chi connectivity index (χ4n) is 1.89. The van der Waals surface area contributed by atoms with Crippen LogP contribution in [-0.4, -0.2) is 22.0 Å². The Morgan fingerprint density at radius 1 is 1.19 bits per heavy atom. The van der Waals surface area contributed by atoms with Gasteiger partial charge in [-0.3, -0.25) is 0 Å². The van der Waals surface area contributed by atoms with Gasteiger partial charge in [-0.05, 0) is 0 Å². The zero-order valence-corrected chi connectivity index (χ0v) is 14.5. The van der Waals surface area contributed by atoms with Crippen LogP contribution in [0.5, 0.6) is 0 Å². The number of rotatable bonds is 4. The van der Waals surface area contributed by atoms with Crippen LogP contribution in [0.25, 0.3) is 0 Å². The molecule has 114 valence electrons. The fourth-order valence-corrected chi connectivity index (χ4v) is 2.92. The van der Waals surface area contributed by atoms with E-state index in [2.05, 4.69) is 55.3 Å². The molecule has 2 heterocycles. The summed E-state index contributed by atoms with van der Waals surface area (Å²) in [5, 5.41) is 6.37. The first-order chi connectivity index (χ1) is 9.79. The van der Waals surface area contributed by atoms with E-state index in [0.717, 1.165) is 34.5 Å². The average Bonchev–Trinajstić information content (AvgIpc) is 2.86. The molecular formula is C16H24N4S. The minimum Gasteiger partial charge on any atom is -0.373 e. The number of hydrogen-bond acceptors (Lipinski definition) is 5. The van der Waals surface area contributed by atoms with Gasteiger partial charge in [-0.1, -0.05) is 34.6 Å². The Hall–Kier alpha value is -1.49. The highest BCUT2D eigenvalue weighted by molar-refractivity contribution is 7.09. The van der Waals surface area contributed by atoms with Crippen molar-refractivity contribution in [2.75, 3.05) is 12.4 Å². The van der Waals surface area contributed by atoms with E-state index in [0.29, 0.717) is 5.92 Å². The lowest BCUT2D eigenvalue weighted by molar-refractivity contribution is 0.571. The number of thiazole rings is 1. The van der Waals surface area contributed by atoms with Gasteiger partial charge in [0.2, 0.25) is 0 Å². The highest BCUT2D eigenvalue weighted by atomic mass is 32.1. The van der Waals surface area contributed by atoms with E-state index < -0.39 is 0 Å². The maximum atomic E-state index is 4.74. The van der Waals surface area contributed by atoms with Crippen LogP contribution in [0.2, 0.25) is 0 Å². The third-order valence-electron chi connectivity index (χ3n) is 3.22. The molecule has 0 saturated carbocycles. The first-order valence-electron chi connectivity index (χ1n) is 7.30. The maximum absolute atomic E-state index is 4.74. The highest BCUT2D eigenvalue weighted by Crippen LogP contribution is 2.25. The van der Waals surface area contributed by atoms with E-state index in [1.807, 2.05) is 13.1 Å². The van der Waals surface area contributed by atoms with Crippen LogP contribution in [0.1, 0.15) is 62.8 Å². The Morgan fingerprint density at radius 3 is 2.43 bits per heavy atom. The van der Waals surface area contributed by atoms with Crippen LogP contribution < -0.4 is 5.32 Å². The van der Waals surface area contributed by atoms with Gasteiger partial charge in [0.1, 0.15) is 11.6 Å². The SMILES string of the molecule is CNc1cc(Cc2nc(C(C)(C)C)cs2)nc(C(C)C)n1. The van der Waals surface area contributed by atoms with Crippen LogP contribution >= 0.6 is 11.3 Å². The molecule has 0 atom stereocenters. The Kier molecular flexibility index (Phi) is 4.61. The van der Waals surface area contributed by atoms with Gasteiger partial charge in [0.25, 0.3) is 0 Å². The smallest absolute Gasteiger partial charge is 0.133 e. The molecule has 4 nitrogen and oxygen atoms in total. The minimum absolute atomic E-state index is 0.0969. The third-order valence-corrected chi connectivity index (χ3v) is 4.07. The number of anilines is 1. The van der Waals surface area contributed by atoms with Crippen LogP contribution in [0, 0.1) is 0 Å². The first kappa shape index (κ1) is 15.9. The van der Waals surface area contributed by atoms with Gasteiger partial charge in [-0.15, -0.1) is 11.3 Å². The molecule has 5 heteroatoms. The van der Waals surface area contributed by atoms with Crippen molar-refractivity contribution in [1.82, 2.24) is 15.0 Å². The summed E-state index contributed by atoms with van der Waals surface area (Å²) in [6, 6.07) is 2.00. The largest absolute Gasteiger partial charge is 0.373 e. The monoisotopic (exact) mass is 304 g/mol. The predicted octanol–water partition coefficient (Wildman–Crippen LogP) is 3.99. The second-order valence-electron chi connectivity index (χ2n) is 6.56. The van der Waals surface area contributed by atoms with E-state index in [1.54, 1.807) is 11.3 Å². The Morgan fingerprint density at radius 2 is 1.90 bits per heavy atom. The molecule has 0 aliphatic heterocycles. The lowest BCUT2D eigenvalue weighted by atomic mass is 9.93. The van der Waals surface area contributed by atoms with Crippen LogP contribution in [0.15, 0.2) is 11.4 Å². The Bertz CT molecular complexity index is 611. The minimum atomic E-state index is 0.0969. The second kappa shape index (κ2) is 6.10. The standard InChI is InChI=1S/C16H24N4S/c1-10(2)15-18-11(7-13(17-6)20-15)8-14-19-12(9-21-14)16(3,4)5/h7,9-10H,8H2,1-6H3,(H,17,18,20). The van der Waals surface area contributed by atoms with E-state index in [1.165, 1.54) is 0 Å². The third kappa shape index (κ3) is 4.00. The molecule has 2 aromatic heterocycles. The number of nitrogens with one attached hydrogen (secondary N) is 1. The highest BCUT2D eigenvalue weighted by Gasteiger charge is 2.18. The lowest BCUT2D eigenvalue weighted by Gasteiger charge is -2.14. The molecule has 0 unspecified atom stereocenters. The second-order valence-corrected chi connectivity index (χ2v) is 7.50. The number of hydrogen-bond donors (Lipinski definition) is 1. The predicted molar refractivity (Wildman–Crippen MR) is 89.3 cm³/mol. The van der Waals surface area contributed by atoms with Crippen molar-refractivity contribution in [1.29, 1.82) is 0 Å². The van der Waals surface area contributed by atoms with Gasteiger partial charge >= 0.3 is 0 Å². The maximum Gasteiger partial charge on any atom is 0.133 e.